The van der Waals surface area contributed by atoms with E-state index in [0.29, 0.717) is 0 Å². The summed E-state index contributed by atoms with van der Waals surface area (Å²) in [6.45, 7) is 10.2. The van der Waals surface area contributed by atoms with Gasteiger partial charge in [0.15, 0.2) is 0 Å². The summed E-state index contributed by atoms with van der Waals surface area (Å²) in [5.41, 5.74) is -0.352. The number of hydrogen-bond acceptors (Lipinski definition) is 3. The van der Waals surface area contributed by atoms with E-state index >= 15 is 0 Å². The van der Waals surface area contributed by atoms with E-state index in [4.69, 9.17) is 4.74 Å². The number of hydrogen-bond donors (Lipinski definition) is 2. The van der Waals surface area contributed by atoms with Crippen LogP contribution in [0.25, 0.3) is 0 Å². The predicted octanol–water partition coefficient (Wildman–Crippen LogP) is 1.06. The first-order valence-electron chi connectivity index (χ1n) is 5.86. The number of amides is 1. The lowest BCUT2D eigenvalue weighted by atomic mass is 9.94. The molecule has 1 aliphatic rings. The first-order chi connectivity index (χ1) is 7.18. The van der Waals surface area contributed by atoms with Crippen molar-refractivity contribution in [1.29, 1.82) is 0 Å². The number of likely N-dealkylation sites (N-methyl/N-ethyl adjacent to an activating group) is 1. The van der Waals surface area contributed by atoms with E-state index in [2.05, 4.69) is 38.3 Å². The molecule has 0 aromatic carbocycles. The Kier molecular flexibility index (Phi) is 3.65. The summed E-state index contributed by atoms with van der Waals surface area (Å²) in [7, 11) is 1.65. The van der Waals surface area contributed by atoms with Crippen LogP contribution >= 0.6 is 0 Å². The maximum Gasteiger partial charge on any atom is 0.236 e. The molecule has 2 N–H and O–H groups in total. The van der Waals surface area contributed by atoms with E-state index < -0.39 is 0 Å². The van der Waals surface area contributed by atoms with Crippen LogP contribution in [-0.2, 0) is 9.53 Å². The fourth-order valence-corrected chi connectivity index (χ4v) is 2.42. The third kappa shape index (κ3) is 2.95. The summed E-state index contributed by atoms with van der Waals surface area (Å²) in [5, 5.41) is 5.98. The molecule has 1 heterocycles. The molecule has 1 aliphatic heterocycles. The molecular formula is C12H24N2O2. The first-order valence-corrected chi connectivity index (χ1v) is 5.86. The van der Waals surface area contributed by atoms with Gasteiger partial charge < -0.3 is 15.4 Å². The number of carbonyl (C=O) groups is 1. The topological polar surface area (TPSA) is 50.4 Å². The van der Waals surface area contributed by atoms with E-state index in [1.807, 2.05) is 6.92 Å². The van der Waals surface area contributed by atoms with Crippen molar-refractivity contribution in [2.45, 2.75) is 64.3 Å². The van der Waals surface area contributed by atoms with E-state index in [9.17, 15) is 4.79 Å². The third-order valence-electron chi connectivity index (χ3n) is 3.17. The van der Waals surface area contributed by atoms with Gasteiger partial charge in [0.25, 0.3) is 0 Å². The van der Waals surface area contributed by atoms with Crippen molar-refractivity contribution >= 4 is 5.91 Å². The van der Waals surface area contributed by atoms with E-state index in [1.54, 1.807) is 7.05 Å². The van der Waals surface area contributed by atoms with Gasteiger partial charge in [-0.25, -0.2) is 0 Å². The Balaban J connectivity index is 2.64. The lowest BCUT2D eigenvalue weighted by Gasteiger charge is -2.29. The second-order valence-electron chi connectivity index (χ2n) is 5.72. The van der Waals surface area contributed by atoms with E-state index in [1.165, 1.54) is 0 Å². The highest BCUT2D eigenvalue weighted by Gasteiger charge is 2.46. The zero-order chi connectivity index (χ0) is 12.6. The molecule has 0 aromatic rings. The van der Waals surface area contributed by atoms with E-state index in [0.717, 1.165) is 6.42 Å². The molecule has 0 radical (unpaired) electrons. The second-order valence-corrected chi connectivity index (χ2v) is 5.72. The number of carbonyl (C=O) groups excluding carboxylic acids is 1. The number of nitrogens with one attached hydrogen (secondary N) is 2. The van der Waals surface area contributed by atoms with Crippen LogP contribution in [0.4, 0.5) is 0 Å². The highest BCUT2D eigenvalue weighted by molar-refractivity contribution is 5.80. The molecule has 0 bridgehead atoms. The molecule has 1 saturated heterocycles. The first kappa shape index (κ1) is 13.5. The molecule has 0 aromatic heterocycles. The Bertz CT molecular complexity index is 274. The van der Waals surface area contributed by atoms with Gasteiger partial charge in [0.2, 0.25) is 5.91 Å². The van der Waals surface area contributed by atoms with Crippen molar-refractivity contribution in [3.05, 3.63) is 0 Å². The van der Waals surface area contributed by atoms with Crippen molar-refractivity contribution in [2.24, 2.45) is 0 Å². The van der Waals surface area contributed by atoms with Gasteiger partial charge in [0.05, 0.1) is 17.2 Å². The predicted molar refractivity (Wildman–Crippen MR) is 64.3 cm³/mol. The number of rotatable bonds is 3. The Hall–Kier alpha value is -0.610. The minimum absolute atomic E-state index is 0.0144. The van der Waals surface area contributed by atoms with Crippen LogP contribution in [0.5, 0.6) is 0 Å². The summed E-state index contributed by atoms with van der Waals surface area (Å²) in [5.74, 6) is 0.0144. The summed E-state index contributed by atoms with van der Waals surface area (Å²) < 4.78 is 5.97. The molecule has 16 heavy (non-hydrogen) atoms. The molecule has 1 rings (SSSR count). The van der Waals surface area contributed by atoms with Crippen LogP contribution in [-0.4, -0.2) is 36.2 Å². The van der Waals surface area contributed by atoms with Crippen LogP contribution in [0.1, 0.15) is 41.0 Å². The standard InChI is InChI=1S/C12H24N2O2/c1-8(10(15)13-6)14-9-7-11(2,3)16-12(9,4)5/h8-9,14H,7H2,1-6H3,(H,13,15). The highest BCUT2D eigenvalue weighted by atomic mass is 16.5. The SMILES string of the molecule is CNC(=O)C(C)NC1CC(C)(C)OC1(C)C. The van der Waals surface area contributed by atoms with Crippen molar-refractivity contribution in [2.75, 3.05) is 7.05 Å². The summed E-state index contributed by atoms with van der Waals surface area (Å²) in [6, 6.07) is 0.0153. The molecule has 94 valence electrons. The molecule has 2 atom stereocenters. The Labute approximate surface area is 98.1 Å². The van der Waals surface area contributed by atoms with Gasteiger partial charge in [-0.1, -0.05) is 0 Å². The highest BCUT2D eigenvalue weighted by Crippen LogP contribution is 2.37. The van der Waals surface area contributed by atoms with Crippen molar-refractivity contribution < 1.29 is 9.53 Å². The van der Waals surface area contributed by atoms with E-state index in [-0.39, 0.29) is 29.2 Å². The Morgan fingerprint density at radius 3 is 2.31 bits per heavy atom. The number of ether oxygens (including phenoxy) is 1. The van der Waals surface area contributed by atoms with Gasteiger partial charge in [-0.05, 0) is 41.0 Å². The zero-order valence-corrected chi connectivity index (χ0v) is 11.2. The van der Waals surface area contributed by atoms with Crippen LogP contribution in [0.3, 0.4) is 0 Å². The largest absolute Gasteiger partial charge is 0.368 e. The normalized spacial score (nSPS) is 28.8. The van der Waals surface area contributed by atoms with Crippen molar-refractivity contribution in [1.82, 2.24) is 10.6 Å². The van der Waals surface area contributed by atoms with Gasteiger partial charge in [-0.3, -0.25) is 4.79 Å². The lowest BCUT2D eigenvalue weighted by molar-refractivity contribution is -0.122. The second kappa shape index (κ2) is 4.34. The lowest BCUT2D eigenvalue weighted by Crippen LogP contribution is -2.51. The molecule has 1 amide bonds. The van der Waals surface area contributed by atoms with Gasteiger partial charge in [0.1, 0.15) is 0 Å². The van der Waals surface area contributed by atoms with Gasteiger partial charge >= 0.3 is 0 Å². The maximum atomic E-state index is 11.5. The monoisotopic (exact) mass is 228 g/mol. The summed E-state index contributed by atoms with van der Waals surface area (Å²) in [6.07, 6.45) is 0.918. The Morgan fingerprint density at radius 1 is 1.38 bits per heavy atom. The molecule has 4 nitrogen and oxygen atoms in total. The molecule has 1 fully saturated rings. The molecule has 2 unspecified atom stereocenters. The summed E-state index contributed by atoms with van der Waals surface area (Å²) >= 11 is 0. The molecule has 4 heteroatoms. The van der Waals surface area contributed by atoms with Crippen LogP contribution in [0, 0.1) is 0 Å². The minimum atomic E-state index is -0.230. The minimum Gasteiger partial charge on any atom is -0.368 e. The zero-order valence-electron chi connectivity index (χ0n) is 11.2. The van der Waals surface area contributed by atoms with Crippen molar-refractivity contribution in [3.63, 3.8) is 0 Å². The average molecular weight is 228 g/mol. The molecular weight excluding hydrogens is 204 g/mol. The molecule has 0 spiro atoms. The van der Waals surface area contributed by atoms with Gasteiger partial charge in [-0.15, -0.1) is 0 Å². The quantitative estimate of drug-likeness (QED) is 0.759. The fraction of sp³-hybridized carbons (Fsp3) is 0.917. The third-order valence-corrected chi connectivity index (χ3v) is 3.17. The summed E-state index contributed by atoms with van der Waals surface area (Å²) in [4.78, 5) is 11.5. The molecule has 0 saturated carbocycles. The van der Waals surface area contributed by atoms with Crippen LogP contribution in [0.2, 0.25) is 0 Å². The van der Waals surface area contributed by atoms with Gasteiger partial charge in [0, 0.05) is 13.1 Å². The van der Waals surface area contributed by atoms with Gasteiger partial charge in [-0.2, -0.15) is 0 Å². The average Bonchev–Trinajstić information content (AvgIpc) is 2.32. The Morgan fingerprint density at radius 2 is 1.94 bits per heavy atom. The van der Waals surface area contributed by atoms with Crippen LogP contribution in [0.15, 0.2) is 0 Å². The smallest absolute Gasteiger partial charge is 0.236 e. The van der Waals surface area contributed by atoms with Crippen molar-refractivity contribution in [3.8, 4) is 0 Å². The fourth-order valence-electron chi connectivity index (χ4n) is 2.42. The van der Waals surface area contributed by atoms with Crippen LogP contribution < -0.4 is 10.6 Å². The maximum absolute atomic E-state index is 11.5. The molecule has 0 aliphatic carbocycles.